The Hall–Kier alpha value is -0.893. The SMILES string of the molecule is CC(C)O[Si](Cc1cccc(C(F)(F)F)c1)(OC(C)C)OC(C)C. The molecule has 1 rings (SSSR count). The lowest BCUT2D eigenvalue weighted by Crippen LogP contribution is -2.53. The Labute approximate surface area is 143 Å². The summed E-state index contributed by atoms with van der Waals surface area (Å²) in [5.41, 5.74) is -0.181. The fraction of sp³-hybridized carbons (Fsp3) is 0.647. The Balaban J connectivity index is 3.19. The molecule has 0 radical (unpaired) electrons. The van der Waals surface area contributed by atoms with Crippen LogP contribution in [0, 0.1) is 0 Å². The quantitative estimate of drug-likeness (QED) is 0.608. The van der Waals surface area contributed by atoms with Crippen molar-refractivity contribution in [1.82, 2.24) is 0 Å². The third kappa shape index (κ3) is 6.92. The molecule has 7 heteroatoms. The highest BCUT2D eigenvalue weighted by Crippen LogP contribution is 2.31. The fourth-order valence-electron chi connectivity index (χ4n) is 2.39. The molecule has 0 bridgehead atoms. The van der Waals surface area contributed by atoms with Gasteiger partial charge in [-0.05, 0) is 53.2 Å². The van der Waals surface area contributed by atoms with E-state index in [1.165, 1.54) is 6.07 Å². The third-order valence-corrected chi connectivity index (χ3v) is 6.25. The van der Waals surface area contributed by atoms with Gasteiger partial charge >= 0.3 is 15.0 Å². The largest absolute Gasteiger partial charge is 0.506 e. The summed E-state index contributed by atoms with van der Waals surface area (Å²) < 4.78 is 56.9. The molecule has 0 spiro atoms. The van der Waals surface area contributed by atoms with Gasteiger partial charge < -0.3 is 13.3 Å². The number of benzene rings is 1. The average molecular weight is 364 g/mol. The number of halogens is 3. The van der Waals surface area contributed by atoms with E-state index in [4.69, 9.17) is 13.3 Å². The second kappa shape index (κ2) is 8.47. The first-order valence-electron chi connectivity index (χ1n) is 8.13. The van der Waals surface area contributed by atoms with Gasteiger partial charge in [0.25, 0.3) is 0 Å². The highest BCUT2D eigenvalue weighted by Gasteiger charge is 2.44. The maximum absolute atomic E-state index is 12.9. The first-order valence-corrected chi connectivity index (χ1v) is 10.1. The van der Waals surface area contributed by atoms with Gasteiger partial charge in [-0.15, -0.1) is 0 Å². The minimum atomic E-state index is -4.38. The van der Waals surface area contributed by atoms with Crippen LogP contribution in [0.25, 0.3) is 0 Å². The van der Waals surface area contributed by atoms with Crippen LogP contribution in [0.2, 0.25) is 0 Å². The molecule has 0 saturated carbocycles. The Morgan fingerprint density at radius 2 is 1.33 bits per heavy atom. The molecule has 0 atom stereocenters. The summed E-state index contributed by atoms with van der Waals surface area (Å²) in [5.74, 6) is 0. The van der Waals surface area contributed by atoms with Crippen molar-refractivity contribution in [2.75, 3.05) is 0 Å². The molecule has 0 N–H and O–H groups in total. The molecular formula is C17H27F3O3Si. The van der Waals surface area contributed by atoms with E-state index < -0.39 is 20.5 Å². The summed E-state index contributed by atoms with van der Waals surface area (Å²) in [6, 6.07) is 5.44. The molecule has 0 aliphatic rings. The molecule has 3 nitrogen and oxygen atoms in total. The van der Waals surface area contributed by atoms with E-state index in [1.54, 1.807) is 6.07 Å². The Kier molecular flexibility index (Phi) is 7.46. The monoisotopic (exact) mass is 364 g/mol. The molecule has 0 saturated heterocycles. The van der Waals surface area contributed by atoms with Crippen LogP contribution in [0.1, 0.15) is 52.7 Å². The van der Waals surface area contributed by atoms with Crippen LogP contribution in [-0.4, -0.2) is 27.1 Å². The van der Waals surface area contributed by atoms with Gasteiger partial charge in [0.1, 0.15) is 0 Å². The molecule has 0 heterocycles. The summed E-state index contributed by atoms with van der Waals surface area (Å²) in [6.45, 7) is 11.2. The van der Waals surface area contributed by atoms with Crippen molar-refractivity contribution in [2.24, 2.45) is 0 Å². The number of alkyl halides is 3. The highest BCUT2D eigenvalue weighted by atomic mass is 28.4. The second-order valence-corrected chi connectivity index (χ2v) is 8.98. The Morgan fingerprint density at radius 3 is 1.71 bits per heavy atom. The Morgan fingerprint density at radius 1 is 0.875 bits per heavy atom. The molecule has 0 aromatic heterocycles. The van der Waals surface area contributed by atoms with Crippen LogP contribution in [0.4, 0.5) is 13.2 Å². The van der Waals surface area contributed by atoms with Gasteiger partial charge in [0.2, 0.25) is 0 Å². The van der Waals surface area contributed by atoms with E-state index in [1.807, 2.05) is 41.5 Å². The van der Waals surface area contributed by atoms with E-state index in [9.17, 15) is 13.2 Å². The van der Waals surface area contributed by atoms with Gasteiger partial charge in [0.05, 0.1) is 5.56 Å². The smallest absolute Gasteiger partial charge is 0.371 e. The van der Waals surface area contributed by atoms with Gasteiger partial charge in [0, 0.05) is 24.4 Å². The molecule has 0 aliphatic heterocycles. The molecule has 0 unspecified atom stereocenters. The predicted octanol–water partition coefficient (Wildman–Crippen LogP) is 5.00. The third-order valence-electron chi connectivity index (χ3n) is 2.92. The van der Waals surface area contributed by atoms with Crippen LogP contribution in [0.3, 0.4) is 0 Å². The number of rotatable bonds is 8. The Bertz CT molecular complexity index is 490. The zero-order chi connectivity index (χ0) is 18.5. The number of hydrogen-bond acceptors (Lipinski definition) is 3. The van der Waals surface area contributed by atoms with Crippen molar-refractivity contribution in [3.8, 4) is 0 Å². The maximum Gasteiger partial charge on any atom is 0.506 e. The molecule has 1 aromatic rings. The lowest BCUT2D eigenvalue weighted by atomic mass is 10.1. The zero-order valence-corrected chi connectivity index (χ0v) is 16.1. The van der Waals surface area contributed by atoms with Crippen molar-refractivity contribution in [3.05, 3.63) is 35.4 Å². The van der Waals surface area contributed by atoms with E-state index >= 15 is 0 Å². The van der Waals surface area contributed by atoms with E-state index in [-0.39, 0.29) is 24.4 Å². The summed E-state index contributed by atoms with van der Waals surface area (Å²) in [5, 5.41) is 0. The van der Waals surface area contributed by atoms with Gasteiger partial charge in [-0.25, -0.2) is 0 Å². The van der Waals surface area contributed by atoms with Gasteiger partial charge in [-0.3, -0.25) is 0 Å². The van der Waals surface area contributed by atoms with Crippen LogP contribution in [-0.2, 0) is 25.5 Å². The molecule has 0 fully saturated rings. The van der Waals surface area contributed by atoms with Crippen LogP contribution < -0.4 is 0 Å². The zero-order valence-electron chi connectivity index (χ0n) is 15.1. The lowest BCUT2D eigenvalue weighted by Gasteiger charge is -2.34. The molecule has 24 heavy (non-hydrogen) atoms. The molecular weight excluding hydrogens is 337 g/mol. The lowest BCUT2D eigenvalue weighted by molar-refractivity contribution is -0.137. The summed E-state index contributed by atoms with van der Waals surface area (Å²) in [6.07, 6.45) is -4.84. The van der Waals surface area contributed by atoms with Crippen molar-refractivity contribution < 1.29 is 26.4 Å². The van der Waals surface area contributed by atoms with Crippen molar-refractivity contribution in [3.63, 3.8) is 0 Å². The van der Waals surface area contributed by atoms with Gasteiger partial charge in [0.15, 0.2) is 0 Å². The van der Waals surface area contributed by atoms with Crippen LogP contribution >= 0.6 is 0 Å². The first-order chi connectivity index (χ1) is 10.9. The standard InChI is InChI=1S/C17H27F3O3Si/c1-12(2)21-24(22-13(3)4,23-14(5)6)11-15-8-7-9-16(10-15)17(18,19)20/h7-10,12-14H,11H2,1-6H3. The van der Waals surface area contributed by atoms with E-state index in [0.29, 0.717) is 5.56 Å². The minimum absolute atomic E-state index is 0.153. The van der Waals surface area contributed by atoms with E-state index in [2.05, 4.69) is 0 Å². The average Bonchev–Trinajstić information content (AvgIpc) is 2.34. The second-order valence-electron chi connectivity index (χ2n) is 6.56. The van der Waals surface area contributed by atoms with Crippen molar-refractivity contribution in [2.45, 2.75) is 72.1 Å². The predicted molar refractivity (Wildman–Crippen MR) is 89.6 cm³/mol. The molecule has 138 valence electrons. The topological polar surface area (TPSA) is 27.7 Å². The minimum Gasteiger partial charge on any atom is -0.371 e. The van der Waals surface area contributed by atoms with Crippen LogP contribution in [0.15, 0.2) is 24.3 Å². The molecule has 1 aromatic carbocycles. The summed E-state index contributed by atoms with van der Waals surface area (Å²) >= 11 is 0. The maximum atomic E-state index is 12.9. The fourth-order valence-corrected chi connectivity index (χ4v) is 5.68. The van der Waals surface area contributed by atoms with Crippen molar-refractivity contribution in [1.29, 1.82) is 0 Å². The summed E-state index contributed by atoms with van der Waals surface area (Å²) in [4.78, 5) is 0. The summed E-state index contributed by atoms with van der Waals surface area (Å²) in [7, 11) is -3.17. The number of hydrogen-bond donors (Lipinski definition) is 0. The normalized spacial score (nSPS) is 13.3. The van der Waals surface area contributed by atoms with Crippen LogP contribution in [0.5, 0.6) is 0 Å². The molecule has 0 aliphatic carbocycles. The molecule has 0 amide bonds. The van der Waals surface area contributed by atoms with Crippen molar-refractivity contribution >= 4 is 8.80 Å². The highest BCUT2D eigenvalue weighted by molar-refractivity contribution is 6.60. The first kappa shape index (κ1) is 21.2. The van der Waals surface area contributed by atoms with Gasteiger partial charge in [-0.2, -0.15) is 13.2 Å². The van der Waals surface area contributed by atoms with E-state index in [0.717, 1.165) is 12.1 Å². The van der Waals surface area contributed by atoms with Gasteiger partial charge in [-0.1, -0.05) is 18.2 Å².